The summed E-state index contributed by atoms with van der Waals surface area (Å²) in [5, 5.41) is 13.8. The maximum absolute atomic E-state index is 11.6. The Balaban J connectivity index is 1.98. The monoisotopic (exact) mass is 352 g/mol. The van der Waals surface area contributed by atoms with Crippen LogP contribution in [-0.2, 0) is 11.3 Å². The molecule has 0 aliphatic rings. The minimum Gasteiger partial charge on any atom is -0.419 e. The molecule has 0 radical (unpaired) electrons. The molecule has 0 aliphatic carbocycles. The van der Waals surface area contributed by atoms with Crippen molar-refractivity contribution in [3.8, 4) is 11.5 Å². The molecule has 112 valence electrons. The molecule has 21 heavy (non-hydrogen) atoms. The number of nitrogens with zero attached hydrogens (tertiary/aromatic N) is 2. The lowest BCUT2D eigenvalue weighted by Gasteiger charge is -2.11. The third kappa shape index (κ3) is 4.12. The third-order valence-electron chi connectivity index (χ3n) is 2.87. The molecule has 2 aromatic rings. The summed E-state index contributed by atoms with van der Waals surface area (Å²) in [5.74, 6) is 0.838. The molecule has 1 heterocycles. The van der Waals surface area contributed by atoms with Crippen molar-refractivity contribution in [2.75, 3.05) is 6.54 Å². The molecule has 1 unspecified atom stereocenters. The number of hydrogen-bond acceptors (Lipinski definition) is 5. The fraction of sp³-hybridized carbons (Fsp3) is 0.357. The van der Waals surface area contributed by atoms with E-state index >= 15 is 0 Å². The van der Waals surface area contributed by atoms with Crippen LogP contribution in [0.2, 0.25) is 0 Å². The SMILES string of the molecule is CCNC(=O)C(C)NCc1nnc(-c2ccccc2Br)o1. The highest BCUT2D eigenvalue weighted by atomic mass is 79.9. The average Bonchev–Trinajstić information content (AvgIpc) is 2.94. The van der Waals surface area contributed by atoms with E-state index in [4.69, 9.17) is 4.42 Å². The van der Waals surface area contributed by atoms with E-state index in [0.29, 0.717) is 24.9 Å². The van der Waals surface area contributed by atoms with Gasteiger partial charge < -0.3 is 9.73 Å². The van der Waals surface area contributed by atoms with Gasteiger partial charge in [0.25, 0.3) is 0 Å². The molecule has 0 fully saturated rings. The van der Waals surface area contributed by atoms with Gasteiger partial charge in [-0.25, -0.2) is 0 Å². The number of likely N-dealkylation sites (N-methyl/N-ethyl adjacent to an activating group) is 1. The Labute approximate surface area is 131 Å². The first-order valence-electron chi connectivity index (χ1n) is 6.70. The molecule has 2 rings (SSSR count). The first-order chi connectivity index (χ1) is 10.1. The van der Waals surface area contributed by atoms with Crippen LogP contribution in [-0.4, -0.2) is 28.7 Å². The van der Waals surface area contributed by atoms with Gasteiger partial charge in [0.05, 0.1) is 18.2 Å². The number of rotatable bonds is 6. The van der Waals surface area contributed by atoms with E-state index in [0.717, 1.165) is 10.0 Å². The Morgan fingerprint density at radius 3 is 2.86 bits per heavy atom. The van der Waals surface area contributed by atoms with Crippen LogP contribution in [0.5, 0.6) is 0 Å². The molecule has 2 N–H and O–H groups in total. The predicted molar refractivity (Wildman–Crippen MR) is 82.4 cm³/mol. The molecule has 0 saturated carbocycles. The summed E-state index contributed by atoms with van der Waals surface area (Å²) in [6.45, 7) is 4.62. The number of carbonyl (C=O) groups excluding carboxylic acids is 1. The van der Waals surface area contributed by atoms with E-state index in [9.17, 15) is 4.79 Å². The average molecular weight is 353 g/mol. The summed E-state index contributed by atoms with van der Waals surface area (Å²) in [6, 6.07) is 7.31. The Morgan fingerprint density at radius 1 is 1.38 bits per heavy atom. The molecule has 0 spiro atoms. The van der Waals surface area contributed by atoms with E-state index in [2.05, 4.69) is 36.8 Å². The van der Waals surface area contributed by atoms with Crippen LogP contribution in [0.4, 0.5) is 0 Å². The minimum absolute atomic E-state index is 0.0527. The van der Waals surface area contributed by atoms with Crippen molar-refractivity contribution >= 4 is 21.8 Å². The Bertz CT molecular complexity index is 615. The summed E-state index contributed by atoms with van der Waals surface area (Å²) < 4.78 is 6.49. The van der Waals surface area contributed by atoms with Crippen LogP contribution in [0.15, 0.2) is 33.2 Å². The van der Waals surface area contributed by atoms with Crippen LogP contribution in [0.3, 0.4) is 0 Å². The van der Waals surface area contributed by atoms with Gasteiger partial charge in [0.15, 0.2) is 0 Å². The summed E-state index contributed by atoms with van der Waals surface area (Å²) in [5.41, 5.74) is 0.841. The molecular weight excluding hydrogens is 336 g/mol. The molecule has 1 amide bonds. The number of benzene rings is 1. The second-order valence-electron chi connectivity index (χ2n) is 4.48. The molecule has 0 bridgehead atoms. The zero-order valence-electron chi connectivity index (χ0n) is 11.9. The highest BCUT2D eigenvalue weighted by Gasteiger charge is 2.14. The van der Waals surface area contributed by atoms with Gasteiger partial charge in [-0.2, -0.15) is 0 Å². The van der Waals surface area contributed by atoms with Crippen molar-refractivity contribution in [3.05, 3.63) is 34.6 Å². The van der Waals surface area contributed by atoms with Gasteiger partial charge in [0.1, 0.15) is 0 Å². The summed E-state index contributed by atoms with van der Waals surface area (Å²) in [6.07, 6.45) is 0. The van der Waals surface area contributed by atoms with E-state index in [-0.39, 0.29) is 11.9 Å². The standard InChI is InChI=1S/C14H17BrN4O2/c1-3-16-13(20)9(2)17-8-12-18-19-14(21-12)10-6-4-5-7-11(10)15/h4-7,9,17H,3,8H2,1-2H3,(H,16,20). The first kappa shape index (κ1) is 15.7. The van der Waals surface area contributed by atoms with Gasteiger partial charge in [-0.05, 0) is 41.9 Å². The second kappa shape index (κ2) is 7.33. The van der Waals surface area contributed by atoms with E-state index in [1.807, 2.05) is 31.2 Å². The van der Waals surface area contributed by atoms with Crippen LogP contribution >= 0.6 is 15.9 Å². The molecular formula is C14H17BrN4O2. The summed E-state index contributed by atoms with van der Waals surface area (Å²) in [4.78, 5) is 11.6. The van der Waals surface area contributed by atoms with Crippen LogP contribution < -0.4 is 10.6 Å². The van der Waals surface area contributed by atoms with Crippen LogP contribution in [0, 0.1) is 0 Å². The molecule has 6 nitrogen and oxygen atoms in total. The Hall–Kier alpha value is -1.73. The molecule has 1 atom stereocenters. The van der Waals surface area contributed by atoms with Gasteiger partial charge in [-0.1, -0.05) is 12.1 Å². The van der Waals surface area contributed by atoms with Crippen molar-refractivity contribution in [2.24, 2.45) is 0 Å². The molecule has 7 heteroatoms. The zero-order chi connectivity index (χ0) is 15.2. The number of carbonyl (C=O) groups is 1. The molecule has 1 aromatic heterocycles. The van der Waals surface area contributed by atoms with Gasteiger partial charge in [0.2, 0.25) is 17.7 Å². The van der Waals surface area contributed by atoms with E-state index in [1.165, 1.54) is 0 Å². The number of aromatic nitrogens is 2. The first-order valence-corrected chi connectivity index (χ1v) is 7.49. The zero-order valence-corrected chi connectivity index (χ0v) is 13.5. The number of amides is 1. The maximum atomic E-state index is 11.6. The smallest absolute Gasteiger partial charge is 0.248 e. The molecule has 0 aliphatic heterocycles. The van der Waals surface area contributed by atoms with Gasteiger partial charge in [-0.15, -0.1) is 10.2 Å². The largest absolute Gasteiger partial charge is 0.419 e. The van der Waals surface area contributed by atoms with E-state index in [1.54, 1.807) is 6.92 Å². The van der Waals surface area contributed by atoms with Gasteiger partial charge in [0, 0.05) is 11.0 Å². The highest BCUT2D eigenvalue weighted by Crippen LogP contribution is 2.26. The summed E-state index contributed by atoms with van der Waals surface area (Å²) in [7, 11) is 0. The fourth-order valence-corrected chi connectivity index (χ4v) is 2.18. The quantitative estimate of drug-likeness (QED) is 0.832. The minimum atomic E-state index is -0.316. The van der Waals surface area contributed by atoms with Crippen molar-refractivity contribution < 1.29 is 9.21 Å². The van der Waals surface area contributed by atoms with Gasteiger partial charge in [-0.3, -0.25) is 10.1 Å². The van der Waals surface area contributed by atoms with Crippen molar-refractivity contribution in [2.45, 2.75) is 26.4 Å². The second-order valence-corrected chi connectivity index (χ2v) is 5.33. The Morgan fingerprint density at radius 2 is 2.14 bits per heavy atom. The maximum Gasteiger partial charge on any atom is 0.248 e. The van der Waals surface area contributed by atoms with Crippen LogP contribution in [0.1, 0.15) is 19.7 Å². The number of hydrogen-bond donors (Lipinski definition) is 2. The lowest BCUT2D eigenvalue weighted by atomic mass is 10.2. The normalized spacial score (nSPS) is 12.1. The van der Waals surface area contributed by atoms with Gasteiger partial charge >= 0.3 is 0 Å². The lowest BCUT2D eigenvalue weighted by Crippen LogP contribution is -2.41. The summed E-state index contributed by atoms with van der Waals surface area (Å²) >= 11 is 3.44. The fourth-order valence-electron chi connectivity index (χ4n) is 1.73. The molecule has 0 saturated heterocycles. The topological polar surface area (TPSA) is 80.0 Å². The van der Waals surface area contributed by atoms with Crippen molar-refractivity contribution in [3.63, 3.8) is 0 Å². The predicted octanol–water partition coefficient (Wildman–Crippen LogP) is 2.11. The number of nitrogens with one attached hydrogen (secondary N) is 2. The van der Waals surface area contributed by atoms with Crippen molar-refractivity contribution in [1.29, 1.82) is 0 Å². The van der Waals surface area contributed by atoms with Crippen molar-refractivity contribution in [1.82, 2.24) is 20.8 Å². The Kier molecular flexibility index (Phi) is 5.46. The van der Waals surface area contributed by atoms with Crippen LogP contribution in [0.25, 0.3) is 11.5 Å². The number of halogens is 1. The molecule has 1 aromatic carbocycles. The van der Waals surface area contributed by atoms with E-state index < -0.39 is 0 Å². The lowest BCUT2D eigenvalue weighted by molar-refractivity contribution is -0.122. The third-order valence-corrected chi connectivity index (χ3v) is 3.57. The highest BCUT2D eigenvalue weighted by molar-refractivity contribution is 9.10.